The van der Waals surface area contributed by atoms with Crippen molar-refractivity contribution in [2.75, 3.05) is 18.0 Å². The number of nitrogens with two attached hydrogens (primary N) is 1. The van der Waals surface area contributed by atoms with Crippen molar-refractivity contribution in [3.8, 4) is 0 Å². The molecule has 2 atom stereocenters. The maximum Gasteiger partial charge on any atom is 0.166 e. The van der Waals surface area contributed by atoms with Gasteiger partial charge in [0.1, 0.15) is 0 Å². The molecule has 0 radical (unpaired) electrons. The van der Waals surface area contributed by atoms with E-state index in [-0.39, 0.29) is 11.9 Å². The van der Waals surface area contributed by atoms with Gasteiger partial charge in [-0.3, -0.25) is 0 Å². The number of hydrogen-bond donors (Lipinski definition) is 1. The minimum absolute atomic E-state index is 0.149. The lowest BCUT2D eigenvalue weighted by Gasteiger charge is -2.35. The summed E-state index contributed by atoms with van der Waals surface area (Å²) in [6, 6.07) is 1.61. The zero-order valence-corrected chi connectivity index (χ0v) is 11.5. The van der Waals surface area contributed by atoms with E-state index in [0.717, 1.165) is 25.9 Å². The highest BCUT2D eigenvalue weighted by molar-refractivity contribution is 9.10. The summed E-state index contributed by atoms with van der Waals surface area (Å²) >= 11 is 3.21. The lowest BCUT2D eigenvalue weighted by atomic mass is 9.92. The van der Waals surface area contributed by atoms with E-state index in [4.69, 9.17) is 5.73 Å². The number of piperidine rings is 1. The van der Waals surface area contributed by atoms with E-state index in [1.54, 1.807) is 6.20 Å². The molecule has 2 heterocycles. The first-order valence-corrected chi connectivity index (χ1v) is 6.69. The number of rotatable bonds is 2. The Morgan fingerprint density at radius 1 is 1.65 bits per heavy atom. The molecule has 0 saturated carbocycles. The van der Waals surface area contributed by atoms with E-state index in [1.165, 1.54) is 6.07 Å². The zero-order chi connectivity index (χ0) is 12.4. The average molecular weight is 302 g/mol. The Kier molecular flexibility index (Phi) is 3.99. The van der Waals surface area contributed by atoms with Crippen LogP contribution in [-0.2, 0) is 0 Å². The van der Waals surface area contributed by atoms with Gasteiger partial charge in [-0.25, -0.2) is 9.37 Å². The first kappa shape index (κ1) is 12.8. The van der Waals surface area contributed by atoms with Crippen LogP contribution in [0.5, 0.6) is 0 Å². The number of hydrogen-bond acceptors (Lipinski definition) is 3. The Hall–Kier alpha value is -0.680. The third-order valence-corrected chi connectivity index (χ3v) is 3.72. The van der Waals surface area contributed by atoms with Crippen molar-refractivity contribution >= 4 is 21.7 Å². The van der Waals surface area contributed by atoms with Gasteiger partial charge in [0.2, 0.25) is 0 Å². The molecule has 0 spiro atoms. The number of aromatic nitrogens is 1. The van der Waals surface area contributed by atoms with Crippen LogP contribution >= 0.6 is 15.9 Å². The largest absolute Gasteiger partial charge is 0.354 e. The molecule has 1 aromatic heterocycles. The predicted octanol–water partition coefficient (Wildman–Crippen LogP) is 2.55. The van der Waals surface area contributed by atoms with Crippen molar-refractivity contribution in [1.82, 2.24) is 4.98 Å². The monoisotopic (exact) mass is 301 g/mol. The second kappa shape index (κ2) is 5.31. The van der Waals surface area contributed by atoms with Gasteiger partial charge in [0, 0.05) is 29.8 Å². The van der Waals surface area contributed by atoms with Gasteiger partial charge < -0.3 is 10.6 Å². The lowest BCUT2D eigenvalue weighted by molar-refractivity contribution is 0.361. The van der Waals surface area contributed by atoms with Crippen LogP contribution in [0.25, 0.3) is 0 Å². The average Bonchev–Trinajstić information content (AvgIpc) is 2.29. The van der Waals surface area contributed by atoms with Crippen LogP contribution in [0.2, 0.25) is 0 Å². The van der Waals surface area contributed by atoms with Gasteiger partial charge in [-0.1, -0.05) is 0 Å². The lowest BCUT2D eigenvalue weighted by Crippen LogP contribution is -2.43. The molecule has 1 saturated heterocycles. The van der Waals surface area contributed by atoms with Crippen LogP contribution in [-0.4, -0.2) is 24.1 Å². The van der Waals surface area contributed by atoms with Crippen LogP contribution in [0, 0.1) is 11.7 Å². The van der Waals surface area contributed by atoms with Gasteiger partial charge in [0.25, 0.3) is 0 Å². The first-order valence-electron chi connectivity index (χ1n) is 5.89. The maximum absolute atomic E-state index is 13.8. The van der Waals surface area contributed by atoms with Crippen molar-refractivity contribution in [3.05, 3.63) is 22.6 Å². The van der Waals surface area contributed by atoms with E-state index in [0.29, 0.717) is 16.2 Å². The molecular weight excluding hydrogens is 285 g/mol. The minimum atomic E-state index is -0.273. The van der Waals surface area contributed by atoms with Gasteiger partial charge in [0.15, 0.2) is 11.6 Å². The molecule has 0 aromatic carbocycles. The summed E-state index contributed by atoms with van der Waals surface area (Å²) in [5, 5.41) is 0. The van der Waals surface area contributed by atoms with Crippen molar-refractivity contribution in [1.29, 1.82) is 0 Å². The smallest absolute Gasteiger partial charge is 0.166 e. The molecule has 1 aliphatic rings. The summed E-state index contributed by atoms with van der Waals surface area (Å²) in [7, 11) is 0. The van der Waals surface area contributed by atoms with Crippen LogP contribution < -0.4 is 10.6 Å². The topological polar surface area (TPSA) is 42.1 Å². The first-order chi connectivity index (χ1) is 8.08. The van der Waals surface area contributed by atoms with Crippen LogP contribution in [0.3, 0.4) is 0 Å². The fraction of sp³-hybridized carbons (Fsp3) is 0.583. The molecule has 94 valence electrons. The number of anilines is 1. The van der Waals surface area contributed by atoms with Crippen molar-refractivity contribution in [2.45, 2.75) is 25.8 Å². The quantitative estimate of drug-likeness (QED) is 0.913. The molecule has 2 rings (SSSR count). The molecular formula is C12H17BrFN3. The second-order valence-corrected chi connectivity index (χ2v) is 5.58. The van der Waals surface area contributed by atoms with Crippen molar-refractivity contribution < 1.29 is 4.39 Å². The Balaban J connectivity index is 2.16. The molecule has 0 amide bonds. The van der Waals surface area contributed by atoms with Gasteiger partial charge in [0.05, 0.1) is 0 Å². The maximum atomic E-state index is 13.8. The molecule has 1 aromatic rings. The van der Waals surface area contributed by atoms with Gasteiger partial charge >= 0.3 is 0 Å². The Morgan fingerprint density at radius 3 is 3.06 bits per heavy atom. The van der Waals surface area contributed by atoms with E-state index in [1.807, 2.05) is 11.8 Å². The molecule has 0 aliphatic carbocycles. The predicted molar refractivity (Wildman–Crippen MR) is 70.5 cm³/mol. The van der Waals surface area contributed by atoms with E-state index in [2.05, 4.69) is 20.9 Å². The van der Waals surface area contributed by atoms with Gasteiger partial charge in [-0.05, 0) is 47.7 Å². The fourth-order valence-corrected chi connectivity index (χ4v) is 2.57. The number of nitrogens with zero attached hydrogens (tertiary/aromatic N) is 2. The third kappa shape index (κ3) is 2.96. The second-order valence-electron chi connectivity index (χ2n) is 4.67. The summed E-state index contributed by atoms with van der Waals surface area (Å²) in [6.07, 6.45) is 3.80. The fourth-order valence-electron chi connectivity index (χ4n) is 2.27. The minimum Gasteiger partial charge on any atom is -0.354 e. The van der Waals surface area contributed by atoms with Crippen molar-refractivity contribution in [3.63, 3.8) is 0 Å². The summed E-state index contributed by atoms with van der Waals surface area (Å²) in [6.45, 7) is 3.66. The Morgan fingerprint density at radius 2 is 2.41 bits per heavy atom. The Labute approximate surface area is 109 Å². The third-order valence-electron chi connectivity index (χ3n) is 3.29. The van der Waals surface area contributed by atoms with E-state index in [9.17, 15) is 4.39 Å². The number of halogens is 2. The SMILES string of the molecule is CC(N)C1CCCN(c2ncc(Br)cc2F)C1. The highest BCUT2D eigenvalue weighted by atomic mass is 79.9. The number of pyridine rings is 1. The van der Waals surface area contributed by atoms with Crippen molar-refractivity contribution in [2.24, 2.45) is 11.7 Å². The molecule has 17 heavy (non-hydrogen) atoms. The molecule has 3 nitrogen and oxygen atoms in total. The van der Waals surface area contributed by atoms with Crippen LogP contribution in [0.15, 0.2) is 16.7 Å². The highest BCUT2D eigenvalue weighted by Gasteiger charge is 2.25. The van der Waals surface area contributed by atoms with Gasteiger partial charge in [-0.2, -0.15) is 0 Å². The van der Waals surface area contributed by atoms with E-state index < -0.39 is 0 Å². The molecule has 0 bridgehead atoms. The molecule has 1 fully saturated rings. The summed E-state index contributed by atoms with van der Waals surface area (Å²) in [5.74, 6) is 0.594. The molecule has 2 N–H and O–H groups in total. The van der Waals surface area contributed by atoms with Gasteiger partial charge in [-0.15, -0.1) is 0 Å². The standard InChI is InChI=1S/C12H17BrFN3/c1-8(15)9-3-2-4-17(7-9)12-11(14)5-10(13)6-16-12/h5-6,8-9H,2-4,7,15H2,1H3. The molecule has 1 aliphatic heterocycles. The molecule has 5 heteroatoms. The molecule has 2 unspecified atom stereocenters. The summed E-state index contributed by atoms with van der Waals surface area (Å²) in [5.41, 5.74) is 5.92. The highest BCUT2D eigenvalue weighted by Crippen LogP contribution is 2.26. The Bertz CT molecular complexity index is 397. The summed E-state index contributed by atoms with van der Waals surface area (Å²) in [4.78, 5) is 6.16. The summed E-state index contributed by atoms with van der Waals surface area (Å²) < 4.78 is 14.5. The van der Waals surface area contributed by atoms with Crippen LogP contribution in [0.1, 0.15) is 19.8 Å². The van der Waals surface area contributed by atoms with Crippen LogP contribution in [0.4, 0.5) is 10.2 Å². The normalized spacial score (nSPS) is 22.6. The zero-order valence-electron chi connectivity index (χ0n) is 9.87. The van der Waals surface area contributed by atoms with E-state index >= 15 is 0 Å².